The van der Waals surface area contributed by atoms with Crippen LogP contribution in [0.1, 0.15) is 6.42 Å². The molecule has 0 aliphatic carbocycles. The van der Waals surface area contributed by atoms with Crippen molar-refractivity contribution in [2.45, 2.75) is 11.4 Å². The van der Waals surface area contributed by atoms with Crippen molar-refractivity contribution in [3.8, 4) is 0 Å². The van der Waals surface area contributed by atoms with Gasteiger partial charge in [-0.3, -0.25) is 4.90 Å². The van der Waals surface area contributed by atoms with E-state index in [0.717, 1.165) is 50.0 Å². The van der Waals surface area contributed by atoms with Crippen LogP contribution in [0.4, 0.5) is 0 Å². The first kappa shape index (κ1) is 13.1. The monoisotopic (exact) mass is 273 g/mol. The highest BCUT2D eigenvalue weighted by atomic mass is 35.5. The number of rotatable bonds is 5. The summed E-state index contributed by atoms with van der Waals surface area (Å²) in [5.41, 5.74) is 0. The molecule has 0 atom stereocenters. The summed E-state index contributed by atoms with van der Waals surface area (Å²) in [4.78, 5) is 2.44. The zero-order valence-corrected chi connectivity index (χ0v) is 11.2. The second-order valence-electron chi connectivity index (χ2n) is 3.85. The summed E-state index contributed by atoms with van der Waals surface area (Å²) in [7, 11) is 0. The molecule has 17 heavy (non-hydrogen) atoms. The van der Waals surface area contributed by atoms with E-state index in [2.05, 4.69) is 15.1 Å². The molecule has 1 aliphatic heterocycles. The first-order valence-corrected chi connectivity index (χ1v) is 7.13. The molecule has 1 fully saturated rings. The standard InChI is InChI=1S/C11H16ClN3OS/c12-10-2-3-11(14-13-10)17-9-1-4-15-5-7-16-8-6-15/h2-3H,1,4-9H2. The average Bonchev–Trinajstić information content (AvgIpc) is 2.38. The lowest BCUT2D eigenvalue weighted by Gasteiger charge is -2.26. The van der Waals surface area contributed by atoms with Crippen molar-refractivity contribution in [1.29, 1.82) is 0 Å². The van der Waals surface area contributed by atoms with Crippen LogP contribution in [0.2, 0.25) is 5.15 Å². The van der Waals surface area contributed by atoms with E-state index in [9.17, 15) is 0 Å². The largest absolute Gasteiger partial charge is 0.379 e. The van der Waals surface area contributed by atoms with E-state index >= 15 is 0 Å². The molecular weight excluding hydrogens is 258 g/mol. The van der Waals surface area contributed by atoms with Crippen LogP contribution in [0, 0.1) is 0 Å². The van der Waals surface area contributed by atoms with Gasteiger partial charge in [0.2, 0.25) is 0 Å². The lowest BCUT2D eigenvalue weighted by Crippen LogP contribution is -2.36. The van der Waals surface area contributed by atoms with Gasteiger partial charge in [0.15, 0.2) is 5.15 Å². The van der Waals surface area contributed by atoms with Crippen LogP contribution in [0.15, 0.2) is 17.2 Å². The molecule has 1 aromatic heterocycles. The van der Waals surface area contributed by atoms with E-state index in [-0.39, 0.29) is 0 Å². The predicted molar refractivity (Wildman–Crippen MR) is 69.6 cm³/mol. The van der Waals surface area contributed by atoms with Crippen molar-refractivity contribution in [3.05, 3.63) is 17.3 Å². The van der Waals surface area contributed by atoms with Crippen molar-refractivity contribution >= 4 is 23.4 Å². The molecule has 0 saturated carbocycles. The summed E-state index contributed by atoms with van der Waals surface area (Å²) in [5.74, 6) is 1.06. The SMILES string of the molecule is Clc1ccc(SCCCN2CCOCC2)nn1. The molecule has 0 N–H and O–H groups in total. The summed E-state index contributed by atoms with van der Waals surface area (Å²) in [6.07, 6.45) is 1.16. The van der Waals surface area contributed by atoms with Crippen molar-refractivity contribution in [2.24, 2.45) is 0 Å². The molecule has 1 aliphatic rings. The van der Waals surface area contributed by atoms with Crippen molar-refractivity contribution < 1.29 is 4.74 Å². The Labute approximate surface area is 111 Å². The molecule has 6 heteroatoms. The van der Waals surface area contributed by atoms with Crippen LogP contribution < -0.4 is 0 Å². The number of hydrogen-bond acceptors (Lipinski definition) is 5. The maximum atomic E-state index is 5.67. The molecule has 2 heterocycles. The zero-order valence-electron chi connectivity index (χ0n) is 9.64. The van der Waals surface area contributed by atoms with E-state index in [1.54, 1.807) is 17.8 Å². The maximum absolute atomic E-state index is 5.67. The van der Waals surface area contributed by atoms with Crippen LogP contribution in [0.25, 0.3) is 0 Å². The Morgan fingerprint density at radius 1 is 1.29 bits per heavy atom. The highest BCUT2D eigenvalue weighted by Gasteiger charge is 2.09. The molecule has 0 spiro atoms. The molecule has 0 bridgehead atoms. The molecular formula is C11H16ClN3OS. The Hall–Kier alpha value is -0.360. The first-order chi connectivity index (χ1) is 8.34. The molecule has 1 aromatic rings. The maximum Gasteiger partial charge on any atom is 0.151 e. The Bertz CT molecular complexity index is 330. The summed E-state index contributed by atoms with van der Waals surface area (Å²) in [6.45, 7) is 5.00. The molecule has 94 valence electrons. The quantitative estimate of drug-likeness (QED) is 0.606. The third-order valence-electron chi connectivity index (χ3n) is 2.58. The Balaban J connectivity index is 1.60. The smallest absolute Gasteiger partial charge is 0.151 e. The van der Waals surface area contributed by atoms with Gasteiger partial charge in [0, 0.05) is 18.8 Å². The average molecular weight is 274 g/mol. The fourth-order valence-corrected chi connectivity index (χ4v) is 2.52. The van der Waals surface area contributed by atoms with Gasteiger partial charge in [-0.25, -0.2) is 0 Å². The van der Waals surface area contributed by atoms with Gasteiger partial charge in [-0.2, -0.15) is 0 Å². The van der Waals surface area contributed by atoms with E-state index in [4.69, 9.17) is 16.3 Å². The van der Waals surface area contributed by atoms with E-state index in [1.807, 2.05) is 6.07 Å². The van der Waals surface area contributed by atoms with Gasteiger partial charge in [0.1, 0.15) is 5.03 Å². The second-order valence-corrected chi connectivity index (χ2v) is 5.35. The van der Waals surface area contributed by atoms with E-state index in [1.165, 1.54) is 0 Å². The fraction of sp³-hybridized carbons (Fsp3) is 0.636. The van der Waals surface area contributed by atoms with Gasteiger partial charge in [-0.1, -0.05) is 11.6 Å². The summed E-state index contributed by atoms with van der Waals surface area (Å²) in [5, 5.41) is 9.21. The molecule has 0 unspecified atom stereocenters. The van der Waals surface area contributed by atoms with Gasteiger partial charge in [-0.05, 0) is 25.1 Å². The number of nitrogens with zero attached hydrogens (tertiary/aromatic N) is 3. The number of morpholine rings is 1. The normalized spacial score (nSPS) is 17.2. The van der Waals surface area contributed by atoms with Crippen molar-refractivity contribution in [3.63, 3.8) is 0 Å². The first-order valence-electron chi connectivity index (χ1n) is 5.77. The highest BCUT2D eigenvalue weighted by molar-refractivity contribution is 7.99. The number of aromatic nitrogens is 2. The summed E-state index contributed by atoms with van der Waals surface area (Å²) >= 11 is 7.40. The fourth-order valence-electron chi connectivity index (χ4n) is 1.67. The Morgan fingerprint density at radius 2 is 2.12 bits per heavy atom. The zero-order chi connectivity index (χ0) is 11.9. The number of ether oxygens (including phenoxy) is 1. The highest BCUT2D eigenvalue weighted by Crippen LogP contribution is 2.16. The topological polar surface area (TPSA) is 38.2 Å². The Kier molecular flexibility index (Phi) is 5.51. The second kappa shape index (κ2) is 7.16. The van der Waals surface area contributed by atoms with Crippen molar-refractivity contribution in [1.82, 2.24) is 15.1 Å². The predicted octanol–water partition coefficient (Wildman–Crippen LogP) is 1.94. The van der Waals surface area contributed by atoms with Crippen LogP contribution >= 0.6 is 23.4 Å². The van der Waals surface area contributed by atoms with Crippen LogP contribution in [0.5, 0.6) is 0 Å². The van der Waals surface area contributed by atoms with Crippen molar-refractivity contribution in [2.75, 3.05) is 38.6 Å². The van der Waals surface area contributed by atoms with E-state index in [0.29, 0.717) is 5.15 Å². The molecule has 0 radical (unpaired) electrons. The molecule has 0 amide bonds. The molecule has 2 rings (SSSR count). The van der Waals surface area contributed by atoms with Crippen LogP contribution in [-0.4, -0.2) is 53.7 Å². The van der Waals surface area contributed by atoms with Gasteiger partial charge in [-0.15, -0.1) is 22.0 Å². The van der Waals surface area contributed by atoms with E-state index < -0.39 is 0 Å². The lowest BCUT2D eigenvalue weighted by molar-refractivity contribution is 0.0381. The third-order valence-corrected chi connectivity index (χ3v) is 3.79. The van der Waals surface area contributed by atoms with Gasteiger partial charge < -0.3 is 4.74 Å². The molecule has 4 nitrogen and oxygen atoms in total. The van der Waals surface area contributed by atoms with Gasteiger partial charge in [0.05, 0.1) is 13.2 Å². The third kappa shape index (κ3) is 4.79. The lowest BCUT2D eigenvalue weighted by atomic mass is 10.4. The molecule has 1 saturated heterocycles. The van der Waals surface area contributed by atoms with Gasteiger partial charge in [0.25, 0.3) is 0 Å². The molecule has 0 aromatic carbocycles. The van der Waals surface area contributed by atoms with Gasteiger partial charge >= 0.3 is 0 Å². The number of thioether (sulfide) groups is 1. The minimum absolute atomic E-state index is 0.447. The minimum atomic E-state index is 0.447. The number of halogens is 1. The number of hydrogen-bond donors (Lipinski definition) is 0. The summed E-state index contributed by atoms with van der Waals surface area (Å²) in [6, 6.07) is 3.69. The van der Waals surface area contributed by atoms with Crippen LogP contribution in [0.3, 0.4) is 0 Å². The minimum Gasteiger partial charge on any atom is -0.379 e. The van der Waals surface area contributed by atoms with Crippen LogP contribution in [-0.2, 0) is 4.74 Å². The Morgan fingerprint density at radius 3 is 2.82 bits per heavy atom. The summed E-state index contributed by atoms with van der Waals surface area (Å²) < 4.78 is 5.31.